The maximum Gasteiger partial charge on any atom is 0.356 e. The predicted octanol–water partition coefficient (Wildman–Crippen LogP) is 4.11. The van der Waals surface area contributed by atoms with Gasteiger partial charge in [0, 0.05) is 60.1 Å². The molecule has 41 heavy (non-hydrogen) atoms. The number of rotatable bonds is 4. The first-order valence-corrected chi connectivity index (χ1v) is 13.4. The number of fused-ring (bicyclic) bond motifs is 5. The number of carbonyl (C=O) groups excluding carboxylic acids is 1. The zero-order valence-electron chi connectivity index (χ0n) is 22.9. The number of piperazine rings is 1. The number of hydrogen-bond acceptors (Lipinski definition) is 7. The summed E-state index contributed by atoms with van der Waals surface area (Å²) in [6, 6.07) is 4.24. The lowest BCUT2D eigenvalue weighted by molar-refractivity contribution is -0.126. The van der Waals surface area contributed by atoms with E-state index in [1.54, 1.807) is 18.0 Å². The third-order valence-electron chi connectivity index (χ3n) is 7.80. The van der Waals surface area contributed by atoms with Gasteiger partial charge in [0.25, 0.3) is 0 Å². The maximum atomic E-state index is 15.3. The molecule has 6 rings (SSSR count). The predicted molar refractivity (Wildman–Crippen MR) is 150 cm³/mol. The first-order chi connectivity index (χ1) is 19.7. The normalized spacial score (nSPS) is 16.3. The van der Waals surface area contributed by atoms with Crippen molar-refractivity contribution in [2.75, 3.05) is 24.5 Å². The highest BCUT2D eigenvalue weighted by atomic mass is 19.2. The number of anilines is 1. The SMILES string of the molecule is C=CC(=O)N1CCN(c2nc(=O)n(-c3nccnc3CC)c3c4c(c(C)cc23)-c2c(ccc(F)c2F)CO4)[C@@H](C)C1. The number of nitrogens with zero attached hydrogens (tertiary/aromatic N) is 6. The number of ether oxygens (including phenoxy) is 1. The van der Waals surface area contributed by atoms with Crippen molar-refractivity contribution in [3.63, 3.8) is 0 Å². The minimum atomic E-state index is -0.969. The van der Waals surface area contributed by atoms with Crippen LogP contribution in [-0.4, -0.2) is 56.0 Å². The molecule has 1 fully saturated rings. The first kappa shape index (κ1) is 26.5. The van der Waals surface area contributed by atoms with E-state index in [9.17, 15) is 14.0 Å². The summed E-state index contributed by atoms with van der Waals surface area (Å²) in [4.78, 5) is 43.3. The van der Waals surface area contributed by atoms with E-state index in [1.807, 2.05) is 24.8 Å². The number of aromatic nitrogens is 4. The van der Waals surface area contributed by atoms with E-state index in [0.717, 1.165) is 6.07 Å². The topological polar surface area (TPSA) is 93.5 Å². The van der Waals surface area contributed by atoms with Gasteiger partial charge in [-0.3, -0.25) is 9.78 Å². The van der Waals surface area contributed by atoms with Crippen LogP contribution in [0.5, 0.6) is 5.75 Å². The molecule has 1 saturated heterocycles. The zero-order chi connectivity index (χ0) is 29.0. The number of carbonyl (C=O) groups is 1. The standard InChI is InChI=1S/C30H28F2N6O3/c1-5-21-29(34-10-9-33-21)38-26-19(28(35-30(38)40)37-12-11-36(14-17(37)4)22(39)6-2)13-16(3)23-24-18(15-41-27(23)26)7-8-20(31)25(24)32/h6-10,13,17H,2,5,11-12,14-15H2,1,3-4H3/t17-/m0/s1. The molecule has 0 unspecified atom stereocenters. The van der Waals surface area contributed by atoms with Crippen LogP contribution in [0.1, 0.15) is 30.7 Å². The Morgan fingerprint density at radius 3 is 2.68 bits per heavy atom. The molecule has 4 heterocycles. The van der Waals surface area contributed by atoms with E-state index in [2.05, 4.69) is 21.5 Å². The molecule has 2 aliphatic heterocycles. The largest absolute Gasteiger partial charge is 0.486 e. The second-order valence-electron chi connectivity index (χ2n) is 10.2. The fourth-order valence-electron chi connectivity index (χ4n) is 5.86. The second-order valence-corrected chi connectivity index (χ2v) is 10.2. The summed E-state index contributed by atoms with van der Waals surface area (Å²) < 4.78 is 37.4. The summed E-state index contributed by atoms with van der Waals surface area (Å²) >= 11 is 0. The zero-order valence-corrected chi connectivity index (χ0v) is 22.9. The van der Waals surface area contributed by atoms with Crippen LogP contribution >= 0.6 is 0 Å². The average Bonchev–Trinajstić information content (AvgIpc) is 2.98. The molecule has 2 aromatic carbocycles. The lowest BCUT2D eigenvalue weighted by atomic mass is 9.91. The van der Waals surface area contributed by atoms with Crippen molar-refractivity contribution in [2.45, 2.75) is 39.8 Å². The Labute approximate surface area is 234 Å². The molecule has 2 aromatic heterocycles. The van der Waals surface area contributed by atoms with E-state index in [1.165, 1.54) is 22.9 Å². The quantitative estimate of drug-likeness (QED) is 0.348. The Kier molecular flexibility index (Phi) is 6.51. The molecule has 210 valence electrons. The molecule has 0 saturated carbocycles. The van der Waals surface area contributed by atoms with Crippen LogP contribution in [0.4, 0.5) is 14.6 Å². The molecular formula is C30H28F2N6O3. The van der Waals surface area contributed by atoms with Gasteiger partial charge in [-0.05, 0) is 44.0 Å². The van der Waals surface area contributed by atoms with Crippen molar-refractivity contribution in [1.82, 2.24) is 24.4 Å². The summed E-state index contributed by atoms with van der Waals surface area (Å²) in [5.74, 6) is -1.14. The molecule has 0 aliphatic carbocycles. The number of aryl methyl sites for hydroxylation is 2. The maximum absolute atomic E-state index is 15.3. The van der Waals surface area contributed by atoms with Crippen LogP contribution in [0.15, 0.2) is 48.0 Å². The van der Waals surface area contributed by atoms with Crippen molar-refractivity contribution in [3.8, 4) is 22.7 Å². The van der Waals surface area contributed by atoms with Gasteiger partial charge in [0.05, 0.1) is 5.69 Å². The molecule has 2 aliphatic rings. The Morgan fingerprint density at radius 1 is 1.17 bits per heavy atom. The van der Waals surface area contributed by atoms with Crippen molar-refractivity contribution in [1.29, 1.82) is 0 Å². The van der Waals surface area contributed by atoms with Gasteiger partial charge in [-0.2, -0.15) is 4.98 Å². The minimum absolute atomic E-state index is 0.0101. The summed E-state index contributed by atoms with van der Waals surface area (Å²) in [6.45, 7) is 10.5. The highest BCUT2D eigenvalue weighted by Gasteiger charge is 2.33. The van der Waals surface area contributed by atoms with Crippen LogP contribution in [0.3, 0.4) is 0 Å². The lowest BCUT2D eigenvalue weighted by Crippen LogP contribution is -2.54. The number of hydrogen-bond donors (Lipinski definition) is 0. The molecular weight excluding hydrogens is 530 g/mol. The van der Waals surface area contributed by atoms with E-state index < -0.39 is 17.3 Å². The van der Waals surface area contributed by atoms with Gasteiger partial charge in [0.1, 0.15) is 17.9 Å². The highest BCUT2D eigenvalue weighted by molar-refractivity contribution is 6.01. The number of halogens is 2. The Morgan fingerprint density at radius 2 is 1.95 bits per heavy atom. The molecule has 9 nitrogen and oxygen atoms in total. The van der Waals surface area contributed by atoms with Gasteiger partial charge in [-0.25, -0.2) is 23.1 Å². The van der Waals surface area contributed by atoms with E-state index in [0.29, 0.717) is 71.0 Å². The summed E-state index contributed by atoms with van der Waals surface area (Å²) in [6.07, 6.45) is 4.82. The molecule has 1 amide bonds. The second kappa shape index (κ2) is 10.1. The van der Waals surface area contributed by atoms with Crippen molar-refractivity contribution < 1.29 is 18.3 Å². The third kappa shape index (κ3) is 4.14. The number of amides is 1. The minimum Gasteiger partial charge on any atom is -0.486 e. The Balaban J connectivity index is 1.68. The Bertz CT molecular complexity index is 1800. The Hall–Kier alpha value is -4.67. The van der Waals surface area contributed by atoms with Gasteiger partial charge in [-0.15, -0.1) is 0 Å². The molecule has 0 bridgehead atoms. The van der Waals surface area contributed by atoms with Gasteiger partial charge in [0.2, 0.25) is 5.91 Å². The molecule has 11 heteroatoms. The third-order valence-corrected chi connectivity index (χ3v) is 7.80. The monoisotopic (exact) mass is 558 g/mol. The number of benzene rings is 2. The fraction of sp³-hybridized carbons (Fsp3) is 0.300. The van der Waals surface area contributed by atoms with Gasteiger partial charge < -0.3 is 14.5 Å². The smallest absolute Gasteiger partial charge is 0.356 e. The molecule has 1 atom stereocenters. The van der Waals surface area contributed by atoms with Gasteiger partial charge >= 0.3 is 5.69 Å². The molecule has 0 spiro atoms. The summed E-state index contributed by atoms with van der Waals surface area (Å²) in [7, 11) is 0. The molecule has 4 aromatic rings. The average molecular weight is 559 g/mol. The van der Waals surface area contributed by atoms with E-state index in [4.69, 9.17) is 4.74 Å². The summed E-state index contributed by atoms with van der Waals surface area (Å²) in [5, 5.41) is 0.587. The van der Waals surface area contributed by atoms with Crippen molar-refractivity contribution in [3.05, 3.63) is 82.2 Å². The molecule has 0 radical (unpaired) electrons. The van der Waals surface area contributed by atoms with Gasteiger partial charge in [0.15, 0.2) is 23.2 Å². The highest BCUT2D eigenvalue weighted by Crippen LogP contribution is 2.47. The first-order valence-electron chi connectivity index (χ1n) is 13.4. The van der Waals surface area contributed by atoms with Crippen LogP contribution in [0.25, 0.3) is 27.8 Å². The van der Waals surface area contributed by atoms with Crippen molar-refractivity contribution in [2.24, 2.45) is 0 Å². The van der Waals surface area contributed by atoms with E-state index in [-0.39, 0.29) is 29.9 Å². The van der Waals surface area contributed by atoms with Crippen LogP contribution in [0.2, 0.25) is 0 Å². The summed E-state index contributed by atoms with van der Waals surface area (Å²) in [5.41, 5.74) is 1.93. The fourth-order valence-corrected chi connectivity index (χ4v) is 5.86. The van der Waals surface area contributed by atoms with Gasteiger partial charge in [-0.1, -0.05) is 19.6 Å². The van der Waals surface area contributed by atoms with Crippen LogP contribution in [-0.2, 0) is 17.8 Å². The van der Waals surface area contributed by atoms with Crippen LogP contribution < -0.4 is 15.3 Å². The van der Waals surface area contributed by atoms with Crippen LogP contribution in [0, 0.1) is 18.6 Å². The van der Waals surface area contributed by atoms with Crippen molar-refractivity contribution >= 4 is 22.6 Å². The van der Waals surface area contributed by atoms with E-state index >= 15 is 4.39 Å². The lowest BCUT2D eigenvalue weighted by Gasteiger charge is -2.40. The molecule has 0 N–H and O–H groups in total.